The van der Waals surface area contributed by atoms with Crippen LogP contribution in [0, 0.1) is 0 Å². The van der Waals surface area contributed by atoms with Crippen LogP contribution < -0.4 is 5.32 Å². The van der Waals surface area contributed by atoms with E-state index in [4.69, 9.17) is 4.74 Å². The quantitative estimate of drug-likeness (QED) is 0.931. The van der Waals surface area contributed by atoms with Gasteiger partial charge in [-0.2, -0.15) is 5.10 Å². The van der Waals surface area contributed by atoms with Crippen LogP contribution in [0.15, 0.2) is 41.0 Å². The van der Waals surface area contributed by atoms with Crippen molar-refractivity contribution in [2.45, 2.75) is 12.6 Å². The van der Waals surface area contributed by atoms with Gasteiger partial charge in [-0.25, -0.2) is 0 Å². The summed E-state index contributed by atoms with van der Waals surface area (Å²) in [5, 5.41) is 7.15. The number of hydrogen-bond acceptors (Lipinski definition) is 3. The Morgan fingerprint density at radius 1 is 1.40 bits per heavy atom. The van der Waals surface area contributed by atoms with E-state index in [0.29, 0.717) is 30.1 Å². The minimum atomic E-state index is -0.0949. The second-order valence-electron chi connectivity index (χ2n) is 4.66. The summed E-state index contributed by atoms with van der Waals surface area (Å²) >= 11 is 3.30. The number of nitrogens with zero attached hydrogens (tertiary/aromatic N) is 2. The molecule has 1 aromatic heterocycles. The molecule has 1 aromatic carbocycles. The molecule has 20 heavy (non-hydrogen) atoms. The zero-order valence-electron chi connectivity index (χ0n) is 10.8. The molecular weight excluding hydrogens is 322 g/mol. The summed E-state index contributed by atoms with van der Waals surface area (Å²) in [7, 11) is 0. The number of ether oxygens (including phenoxy) is 1. The van der Waals surface area contributed by atoms with E-state index in [2.05, 4.69) is 26.3 Å². The van der Waals surface area contributed by atoms with E-state index in [-0.39, 0.29) is 11.9 Å². The van der Waals surface area contributed by atoms with Crippen LogP contribution in [0.25, 0.3) is 0 Å². The van der Waals surface area contributed by atoms with Gasteiger partial charge in [-0.3, -0.25) is 9.48 Å². The Bertz CT molecular complexity index is 612. The van der Waals surface area contributed by atoms with Crippen LogP contribution in [0.3, 0.4) is 0 Å². The maximum Gasteiger partial charge on any atom is 0.269 e. The molecule has 6 heteroatoms. The molecule has 0 spiro atoms. The normalized spacial score (nSPS) is 17.6. The van der Waals surface area contributed by atoms with Gasteiger partial charge in [0, 0.05) is 12.6 Å². The summed E-state index contributed by atoms with van der Waals surface area (Å²) in [4.78, 5) is 11.7. The molecule has 1 amide bonds. The molecule has 0 aliphatic carbocycles. The molecule has 1 unspecified atom stereocenters. The first kappa shape index (κ1) is 13.3. The highest BCUT2D eigenvalue weighted by Crippen LogP contribution is 2.19. The van der Waals surface area contributed by atoms with Crippen molar-refractivity contribution in [1.29, 1.82) is 0 Å². The minimum absolute atomic E-state index is 0.0257. The molecule has 0 bridgehead atoms. The number of amides is 1. The topological polar surface area (TPSA) is 56.1 Å². The minimum Gasteiger partial charge on any atom is -0.374 e. The number of rotatable bonds is 4. The fourth-order valence-corrected chi connectivity index (χ4v) is 2.60. The van der Waals surface area contributed by atoms with E-state index in [1.807, 2.05) is 30.3 Å². The molecule has 1 atom stereocenters. The van der Waals surface area contributed by atoms with Crippen LogP contribution in [0.1, 0.15) is 22.1 Å². The summed E-state index contributed by atoms with van der Waals surface area (Å²) in [5.41, 5.74) is 1.70. The molecule has 0 radical (unpaired) electrons. The fraction of sp³-hybridized carbons (Fsp3) is 0.286. The van der Waals surface area contributed by atoms with Crippen molar-refractivity contribution in [2.24, 2.45) is 0 Å². The zero-order chi connectivity index (χ0) is 13.9. The summed E-state index contributed by atoms with van der Waals surface area (Å²) in [6.07, 6.45) is 0. The van der Waals surface area contributed by atoms with Gasteiger partial charge in [-0.05, 0) is 21.5 Å². The number of hydrogen-bond donors (Lipinski definition) is 1. The van der Waals surface area contributed by atoms with Crippen molar-refractivity contribution in [3.05, 3.63) is 52.3 Å². The number of carbonyl (C=O) groups excluding carboxylic acids is 1. The maximum atomic E-state index is 11.7. The van der Waals surface area contributed by atoms with Crippen LogP contribution in [0.4, 0.5) is 0 Å². The molecule has 2 aromatic rings. The lowest BCUT2D eigenvalue weighted by Crippen LogP contribution is -2.41. The lowest BCUT2D eigenvalue weighted by Gasteiger charge is -2.24. The lowest BCUT2D eigenvalue weighted by molar-refractivity contribution is 0.0713. The highest BCUT2D eigenvalue weighted by atomic mass is 79.9. The SMILES string of the molecule is O=C1NCC(COCc2ccccc2)n2nc(Br)cc21. The van der Waals surface area contributed by atoms with E-state index in [9.17, 15) is 4.79 Å². The molecule has 0 saturated carbocycles. The first-order valence-corrected chi connectivity index (χ1v) is 7.18. The van der Waals surface area contributed by atoms with Crippen molar-refractivity contribution in [3.63, 3.8) is 0 Å². The molecule has 0 saturated heterocycles. The molecule has 3 rings (SSSR count). The van der Waals surface area contributed by atoms with Gasteiger partial charge in [-0.1, -0.05) is 30.3 Å². The number of nitrogens with one attached hydrogen (secondary N) is 1. The van der Waals surface area contributed by atoms with Gasteiger partial charge in [0.05, 0.1) is 19.3 Å². The smallest absolute Gasteiger partial charge is 0.269 e. The highest BCUT2D eigenvalue weighted by molar-refractivity contribution is 9.10. The van der Waals surface area contributed by atoms with E-state index < -0.39 is 0 Å². The van der Waals surface area contributed by atoms with Crippen LogP contribution in [-0.4, -0.2) is 28.8 Å². The van der Waals surface area contributed by atoms with Crippen molar-refractivity contribution < 1.29 is 9.53 Å². The maximum absolute atomic E-state index is 11.7. The van der Waals surface area contributed by atoms with Crippen molar-refractivity contribution in [2.75, 3.05) is 13.2 Å². The van der Waals surface area contributed by atoms with Gasteiger partial charge in [0.2, 0.25) is 0 Å². The third-order valence-electron chi connectivity index (χ3n) is 3.20. The highest BCUT2D eigenvalue weighted by Gasteiger charge is 2.26. The Morgan fingerprint density at radius 3 is 3.00 bits per heavy atom. The van der Waals surface area contributed by atoms with Crippen molar-refractivity contribution in [3.8, 4) is 0 Å². The fourth-order valence-electron chi connectivity index (χ4n) is 2.22. The second-order valence-corrected chi connectivity index (χ2v) is 5.47. The third-order valence-corrected chi connectivity index (χ3v) is 3.59. The number of fused-ring (bicyclic) bond motifs is 1. The lowest BCUT2D eigenvalue weighted by atomic mass is 10.2. The average Bonchev–Trinajstić information content (AvgIpc) is 2.85. The van der Waals surface area contributed by atoms with Crippen molar-refractivity contribution >= 4 is 21.8 Å². The molecule has 2 heterocycles. The van der Waals surface area contributed by atoms with Gasteiger partial charge in [-0.15, -0.1) is 0 Å². The average molecular weight is 336 g/mol. The first-order valence-electron chi connectivity index (χ1n) is 6.39. The second kappa shape index (κ2) is 5.76. The summed E-state index contributed by atoms with van der Waals surface area (Å²) in [6.45, 7) is 1.61. The number of aromatic nitrogens is 2. The summed E-state index contributed by atoms with van der Waals surface area (Å²) in [5.74, 6) is -0.0949. The Morgan fingerprint density at radius 2 is 2.20 bits per heavy atom. The van der Waals surface area contributed by atoms with E-state index in [0.717, 1.165) is 5.56 Å². The van der Waals surface area contributed by atoms with Crippen molar-refractivity contribution in [1.82, 2.24) is 15.1 Å². The van der Waals surface area contributed by atoms with Crippen LogP contribution >= 0.6 is 15.9 Å². The van der Waals surface area contributed by atoms with Gasteiger partial charge in [0.25, 0.3) is 5.91 Å². The summed E-state index contributed by atoms with van der Waals surface area (Å²) < 4.78 is 8.13. The molecule has 104 valence electrons. The van der Waals surface area contributed by atoms with Gasteiger partial charge in [0.1, 0.15) is 10.3 Å². The van der Waals surface area contributed by atoms with E-state index >= 15 is 0 Å². The number of carbonyl (C=O) groups is 1. The Hall–Kier alpha value is -1.66. The molecule has 1 aliphatic rings. The Labute approximate surface area is 125 Å². The van der Waals surface area contributed by atoms with Crippen LogP contribution in [0.5, 0.6) is 0 Å². The van der Waals surface area contributed by atoms with Gasteiger partial charge < -0.3 is 10.1 Å². The molecule has 0 fully saturated rings. The predicted molar refractivity (Wildman–Crippen MR) is 77.4 cm³/mol. The molecule has 1 aliphatic heterocycles. The first-order chi connectivity index (χ1) is 9.74. The Kier molecular flexibility index (Phi) is 3.84. The molecular formula is C14H14BrN3O2. The zero-order valence-corrected chi connectivity index (χ0v) is 12.3. The summed E-state index contributed by atoms with van der Waals surface area (Å²) in [6, 6.07) is 11.8. The standard InChI is InChI=1S/C14H14BrN3O2/c15-13-6-12-14(19)16-7-11(18(12)17-13)9-20-8-10-4-2-1-3-5-10/h1-6,11H,7-9H2,(H,16,19). The van der Waals surface area contributed by atoms with Crippen LogP contribution in [0.2, 0.25) is 0 Å². The third kappa shape index (κ3) is 2.76. The molecule has 5 nitrogen and oxygen atoms in total. The van der Waals surface area contributed by atoms with E-state index in [1.165, 1.54) is 0 Å². The predicted octanol–water partition coefficient (Wildman–Crippen LogP) is 2.15. The monoisotopic (exact) mass is 335 g/mol. The molecule has 1 N–H and O–H groups in total. The largest absolute Gasteiger partial charge is 0.374 e. The number of halogens is 1. The van der Waals surface area contributed by atoms with Gasteiger partial charge >= 0.3 is 0 Å². The van der Waals surface area contributed by atoms with Gasteiger partial charge in [0.15, 0.2) is 0 Å². The van der Waals surface area contributed by atoms with Crippen LogP contribution in [-0.2, 0) is 11.3 Å². The Balaban J connectivity index is 1.64. The number of benzene rings is 1. The van der Waals surface area contributed by atoms with E-state index in [1.54, 1.807) is 10.7 Å².